The maximum absolute atomic E-state index is 12.7. The normalized spacial score (nSPS) is 29.0. The van der Waals surface area contributed by atoms with E-state index in [-0.39, 0.29) is 48.0 Å². The van der Waals surface area contributed by atoms with Crippen LogP contribution in [0.3, 0.4) is 0 Å². The van der Waals surface area contributed by atoms with Crippen molar-refractivity contribution in [1.29, 1.82) is 0 Å². The third-order valence-corrected chi connectivity index (χ3v) is 6.45. The van der Waals surface area contributed by atoms with Crippen LogP contribution in [0.5, 0.6) is 5.75 Å². The van der Waals surface area contributed by atoms with Crippen LogP contribution in [-0.4, -0.2) is 73.4 Å². The van der Waals surface area contributed by atoms with Crippen molar-refractivity contribution < 1.29 is 14.3 Å². The van der Waals surface area contributed by atoms with Crippen LogP contribution in [0.4, 0.5) is 0 Å². The van der Waals surface area contributed by atoms with Gasteiger partial charge in [-0.3, -0.25) is 14.5 Å². The zero-order chi connectivity index (χ0) is 19.2. The average molecular weight is 444 g/mol. The van der Waals surface area contributed by atoms with Crippen molar-refractivity contribution in [2.45, 2.75) is 44.2 Å². The number of nitrogens with one attached hydrogen (secondary N) is 1. The van der Waals surface area contributed by atoms with E-state index in [1.54, 1.807) is 0 Å². The number of rotatable bonds is 3. The fraction of sp³-hybridized carbons (Fsp3) is 0.619. The second-order valence-electron chi connectivity index (χ2n) is 8.55. The maximum atomic E-state index is 12.7. The number of hydrogen-bond donors (Lipinski definition) is 1. The van der Waals surface area contributed by atoms with E-state index >= 15 is 0 Å². The number of piperazine rings is 1. The number of carbonyl (C=O) groups excluding carboxylic acids is 2. The van der Waals surface area contributed by atoms with Crippen molar-refractivity contribution in [3.63, 3.8) is 0 Å². The Labute approximate surface area is 185 Å². The zero-order valence-electron chi connectivity index (χ0n) is 17.3. The first-order valence-corrected chi connectivity index (χ1v) is 9.87. The van der Waals surface area contributed by atoms with E-state index in [2.05, 4.69) is 42.1 Å². The molecule has 4 rings (SSSR count). The molecule has 29 heavy (non-hydrogen) atoms. The SMILES string of the molecule is Cc1ccc2c(c1)[C@@]1(C)CCC(=O)[C@@H](NC(=O)CN3CCN(C)CC3)[C@H]1O2.Cl.Cl. The van der Waals surface area contributed by atoms with Crippen molar-refractivity contribution in [2.75, 3.05) is 39.8 Å². The van der Waals surface area contributed by atoms with Crippen LogP contribution in [-0.2, 0) is 15.0 Å². The van der Waals surface area contributed by atoms with E-state index in [0.29, 0.717) is 13.0 Å². The van der Waals surface area contributed by atoms with Crippen LogP contribution in [0.1, 0.15) is 30.9 Å². The number of likely N-dealkylation sites (N-methyl/N-ethyl adjacent to an activating group) is 1. The molecule has 8 heteroatoms. The van der Waals surface area contributed by atoms with E-state index in [1.165, 1.54) is 11.1 Å². The molecule has 1 aromatic rings. The van der Waals surface area contributed by atoms with Gasteiger partial charge in [0.25, 0.3) is 0 Å². The van der Waals surface area contributed by atoms with E-state index < -0.39 is 6.04 Å². The highest BCUT2D eigenvalue weighted by Crippen LogP contribution is 2.49. The molecule has 0 aromatic heterocycles. The standard InChI is InChI=1S/C21H29N3O3.2ClH/c1-14-4-5-17-15(12-14)21(2)7-6-16(25)19(20(21)27-17)22-18(26)13-24-10-8-23(3)9-11-24;;/h4-5,12,19-20H,6-11,13H2,1-3H3,(H,22,26);2*1H/t19-,20-,21-;;/m1../s1. The van der Waals surface area contributed by atoms with Gasteiger partial charge in [-0.05, 0) is 26.5 Å². The second-order valence-corrected chi connectivity index (χ2v) is 8.55. The first-order chi connectivity index (χ1) is 12.9. The molecule has 1 amide bonds. The average Bonchev–Trinajstić information content (AvgIpc) is 2.93. The van der Waals surface area contributed by atoms with Gasteiger partial charge in [-0.2, -0.15) is 0 Å². The molecule has 6 nitrogen and oxygen atoms in total. The predicted octanol–water partition coefficient (Wildman–Crippen LogP) is 1.95. The molecule has 1 N–H and O–H groups in total. The lowest BCUT2D eigenvalue weighted by molar-refractivity contribution is -0.134. The number of aryl methyl sites for hydroxylation is 1. The Morgan fingerprint density at radius 1 is 1.24 bits per heavy atom. The molecule has 1 aromatic carbocycles. The smallest absolute Gasteiger partial charge is 0.234 e. The van der Waals surface area contributed by atoms with Gasteiger partial charge in [-0.15, -0.1) is 24.8 Å². The van der Waals surface area contributed by atoms with Crippen LogP contribution in [0.15, 0.2) is 18.2 Å². The molecule has 162 valence electrons. The summed E-state index contributed by atoms with van der Waals surface area (Å²) in [6, 6.07) is 5.61. The van der Waals surface area contributed by atoms with E-state index in [4.69, 9.17) is 4.74 Å². The molecule has 0 bridgehead atoms. The number of ketones is 1. The highest BCUT2D eigenvalue weighted by Gasteiger charge is 2.54. The molecule has 2 heterocycles. The minimum Gasteiger partial charge on any atom is -0.487 e. The van der Waals surface area contributed by atoms with Gasteiger partial charge in [-0.1, -0.05) is 24.6 Å². The van der Waals surface area contributed by atoms with Gasteiger partial charge in [0.15, 0.2) is 5.78 Å². The van der Waals surface area contributed by atoms with Crippen molar-refractivity contribution in [3.8, 4) is 5.75 Å². The van der Waals surface area contributed by atoms with Crippen molar-refractivity contribution in [2.24, 2.45) is 0 Å². The highest BCUT2D eigenvalue weighted by molar-refractivity contribution is 5.91. The summed E-state index contributed by atoms with van der Waals surface area (Å²) in [5.41, 5.74) is 2.12. The van der Waals surface area contributed by atoms with Crippen LogP contribution in [0.2, 0.25) is 0 Å². The summed E-state index contributed by atoms with van der Waals surface area (Å²) < 4.78 is 6.20. The molecule has 2 aliphatic heterocycles. The number of fused-ring (bicyclic) bond motifs is 3. The van der Waals surface area contributed by atoms with E-state index in [1.807, 2.05) is 12.1 Å². The van der Waals surface area contributed by atoms with Gasteiger partial charge in [0, 0.05) is 43.6 Å². The molecular formula is C21H31Cl2N3O3. The number of benzene rings is 1. The second kappa shape index (κ2) is 9.21. The molecule has 1 saturated heterocycles. The number of carbonyl (C=O) groups is 2. The van der Waals surface area contributed by atoms with Gasteiger partial charge >= 0.3 is 0 Å². The summed E-state index contributed by atoms with van der Waals surface area (Å²) in [4.78, 5) is 29.7. The molecule has 2 fully saturated rings. The van der Waals surface area contributed by atoms with Crippen LogP contribution < -0.4 is 10.1 Å². The van der Waals surface area contributed by atoms with Gasteiger partial charge in [-0.25, -0.2) is 0 Å². The molecular weight excluding hydrogens is 413 g/mol. The van der Waals surface area contributed by atoms with Crippen LogP contribution in [0, 0.1) is 6.92 Å². The zero-order valence-corrected chi connectivity index (χ0v) is 18.9. The number of ether oxygens (including phenoxy) is 1. The van der Waals surface area contributed by atoms with E-state index in [9.17, 15) is 9.59 Å². The summed E-state index contributed by atoms with van der Waals surface area (Å²) >= 11 is 0. The summed E-state index contributed by atoms with van der Waals surface area (Å²) in [6.07, 6.45) is 0.910. The fourth-order valence-electron chi connectivity index (χ4n) is 4.62. The third kappa shape index (κ3) is 4.55. The molecule has 0 spiro atoms. The van der Waals surface area contributed by atoms with Gasteiger partial charge in [0.2, 0.25) is 5.91 Å². The van der Waals surface area contributed by atoms with Gasteiger partial charge in [0.1, 0.15) is 17.9 Å². The minimum absolute atomic E-state index is 0. The fourth-order valence-corrected chi connectivity index (χ4v) is 4.62. The minimum atomic E-state index is -0.573. The van der Waals surface area contributed by atoms with Crippen molar-refractivity contribution in [3.05, 3.63) is 29.3 Å². The Morgan fingerprint density at radius 2 is 1.93 bits per heavy atom. The first-order valence-electron chi connectivity index (χ1n) is 9.87. The van der Waals surface area contributed by atoms with Gasteiger partial charge in [0.05, 0.1) is 6.54 Å². The monoisotopic (exact) mass is 443 g/mol. The summed E-state index contributed by atoms with van der Waals surface area (Å²) in [7, 11) is 2.09. The Bertz CT molecular complexity index is 768. The Morgan fingerprint density at radius 3 is 2.62 bits per heavy atom. The van der Waals surface area contributed by atoms with Crippen molar-refractivity contribution in [1.82, 2.24) is 15.1 Å². The summed E-state index contributed by atoms with van der Waals surface area (Å²) in [5, 5.41) is 3.00. The highest BCUT2D eigenvalue weighted by atomic mass is 35.5. The lowest BCUT2D eigenvalue weighted by Gasteiger charge is -2.40. The number of hydrogen-bond acceptors (Lipinski definition) is 5. The molecule has 0 unspecified atom stereocenters. The molecule has 0 radical (unpaired) electrons. The Hall–Kier alpha value is -1.34. The third-order valence-electron chi connectivity index (χ3n) is 6.45. The van der Waals surface area contributed by atoms with Gasteiger partial charge < -0.3 is 15.0 Å². The number of amides is 1. The molecule has 3 atom stereocenters. The number of halogens is 2. The predicted molar refractivity (Wildman–Crippen MR) is 118 cm³/mol. The maximum Gasteiger partial charge on any atom is 0.234 e. The largest absolute Gasteiger partial charge is 0.487 e. The topological polar surface area (TPSA) is 61.9 Å². The van der Waals surface area contributed by atoms with Crippen molar-refractivity contribution >= 4 is 36.5 Å². The Kier molecular flexibility index (Phi) is 7.60. The van der Waals surface area contributed by atoms with Crippen LogP contribution >= 0.6 is 24.8 Å². The van der Waals surface area contributed by atoms with E-state index in [0.717, 1.165) is 38.3 Å². The number of Topliss-reactive ketones (excluding diaryl/α,β-unsaturated/α-hetero) is 1. The lowest BCUT2D eigenvalue weighted by Crippen LogP contribution is -2.61. The summed E-state index contributed by atoms with van der Waals surface area (Å²) in [5.74, 6) is 0.840. The number of nitrogens with zero attached hydrogens (tertiary/aromatic N) is 2. The first kappa shape index (κ1) is 23.9. The lowest BCUT2D eigenvalue weighted by atomic mass is 9.67. The molecule has 3 aliphatic rings. The summed E-state index contributed by atoms with van der Waals surface area (Å²) in [6.45, 7) is 8.26. The molecule has 1 aliphatic carbocycles. The molecule has 1 saturated carbocycles. The van der Waals surface area contributed by atoms with Crippen LogP contribution in [0.25, 0.3) is 0 Å². The Balaban J connectivity index is 0.00000150. The quantitative estimate of drug-likeness (QED) is 0.773.